The van der Waals surface area contributed by atoms with Gasteiger partial charge in [-0.1, -0.05) is 0 Å². The van der Waals surface area contributed by atoms with Crippen molar-refractivity contribution < 1.29 is 9.59 Å². The number of rotatable bonds is 3. The van der Waals surface area contributed by atoms with Crippen molar-refractivity contribution in [1.29, 1.82) is 0 Å². The van der Waals surface area contributed by atoms with Gasteiger partial charge in [-0.05, 0) is 32.9 Å². The van der Waals surface area contributed by atoms with E-state index in [9.17, 15) is 9.59 Å². The van der Waals surface area contributed by atoms with Crippen molar-refractivity contribution in [3.63, 3.8) is 0 Å². The fourth-order valence-corrected chi connectivity index (χ4v) is 3.47. The van der Waals surface area contributed by atoms with Crippen LogP contribution in [-0.4, -0.2) is 59.9 Å². The van der Waals surface area contributed by atoms with E-state index in [4.69, 9.17) is 0 Å². The van der Waals surface area contributed by atoms with Gasteiger partial charge in [0.1, 0.15) is 6.04 Å². The first-order chi connectivity index (χ1) is 8.68. The Morgan fingerprint density at radius 1 is 1.39 bits per heavy atom. The molecule has 1 atom stereocenters. The third-order valence-corrected chi connectivity index (χ3v) is 4.90. The zero-order chi connectivity index (χ0) is 13.0. The van der Waals surface area contributed by atoms with E-state index < -0.39 is 0 Å². The maximum absolute atomic E-state index is 12.1. The van der Waals surface area contributed by atoms with Gasteiger partial charge in [-0.25, -0.2) is 0 Å². The number of thioether (sulfide) groups is 1. The van der Waals surface area contributed by atoms with Crippen LogP contribution in [0.5, 0.6) is 0 Å². The predicted molar refractivity (Wildman–Crippen MR) is 72.5 cm³/mol. The van der Waals surface area contributed by atoms with Gasteiger partial charge in [-0.2, -0.15) is 0 Å². The fraction of sp³-hybridized carbons (Fsp3) is 0.833. The van der Waals surface area contributed by atoms with Crippen molar-refractivity contribution in [2.45, 2.75) is 31.1 Å². The predicted octanol–water partition coefficient (Wildman–Crippen LogP) is -0.181. The number of carbonyl (C=O) groups is 2. The van der Waals surface area contributed by atoms with Crippen LogP contribution < -0.4 is 10.6 Å². The number of amides is 2. The van der Waals surface area contributed by atoms with E-state index in [1.54, 1.807) is 23.6 Å². The average molecular weight is 271 g/mol. The molecule has 2 rings (SSSR count). The number of piperazine rings is 1. The zero-order valence-corrected chi connectivity index (χ0v) is 11.6. The summed E-state index contributed by atoms with van der Waals surface area (Å²) >= 11 is 1.74. The molecule has 5 nitrogen and oxygen atoms in total. The molecule has 0 spiro atoms. The Hall–Kier alpha value is -0.750. The Morgan fingerprint density at radius 3 is 2.83 bits per heavy atom. The molecule has 0 aromatic rings. The average Bonchev–Trinajstić information content (AvgIpc) is 2.40. The van der Waals surface area contributed by atoms with Crippen molar-refractivity contribution in [2.24, 2.45) is 0 Å². The number of hydrogen-bond acceptors (Lipinski definition) is 4. The van der Waals surface area contributed by atoms with Gasteiger partial charge in [0.25, 0.3) is 0 Å². The number of piperidine rings is 1. The molecular formula is C12H21N3O2S. The van der Waals surface area contributed by atoms with E-state index >= 15 is 0 Å². The standard InChI is InChI=1S/C12H21N3O2S/c1-9-12(17)14-6-7-15(9)11(16)8-18-10-2-4-13-5-3-10/h9-10,13H,2-8H2,1H3,(H,14,17). The van der Waals surface area contributed by atoms with E-state index in [0.29, 0.717) is 24.1 Å². The molecule has 0 aromatic heterocycles. The van der Waals surface area contributed by atoms with Crippen molar-refractivity contribution in [2.75, 3.05) is 31.9 Å². The maximum Gasteiger partial charge on any atom is 0.242 e. The summed E-state index contributed by atoms with van der Waals surface area (Å²) in [4.78, 5) is 25.3. The van der Waals surface area contributed by atoms with Gasteiger partial charge in [0.05, 0.1) is 5.75 Å². The molecule has 0 saturated carbocycles. The summed E-state index contributed by atoms with van der Waals surface area (Å²) in [6.07, 6.45) is 2.27. The first-order valence-corrected chi connectivity index (χ1v) is 7.63. The first kappa shape index (κ1) is 13.7. The van der Waals surface area contributed by atoms with Crippen LogP contribution in [0.15, 0.2) is 0 Å². The highest BCUT2D eigenvalue weighted by Gasteiger charge is 2.29. The number of nitrogens with zero attached hydrogens (tertiary/aromatic N) is 1. The van der Waals surface area contributed by atoms with Crippen LogP contribution in [-0.2, 0) is 9.59 Å². The normalized spacial score (nSPS) is 25.9. The molecule has 102 valence electrons. The molecule has 2 saturated heterocycles. The molecule has 2 N–H and O–H groups in total. The Labute approximate surface area is 112 Å². The van der Waals surface area contributed by atoms with Crippen LogP contribution in [0.3, 0.4) is 0 Å². The molecule has 2 heterocycles. The molecule has 0 radical (unpaired) electrons. The minimum absolute atomic E-state index is 0.0403. The second-order valence-electron chi connectivity index (χ2n) is 4.81. The summed E-state index contributed by atoms with van der Waals surface area (Å²) in [5.74, 6) is 0.560. The van der Waals surface area contributed by atoms with E-state index in [2.05, 4.69) is 10.6 Å². The van der Waals surface area contributed by atoms with Crippen LogP contribution in [0.4, 0.5) is 0 Å². The maximum atomic E-state index is 12.1. The van der Waals surface area contributed by atoms with Gasteiger partial charge >= 0.3 is 0 Å². The Morgan fingerprint density at radius 2 is 2.11 bits per heavy atom. The second-order valence-corrected chi connectivity index (χ2v) is 6.10. The van der Waals surface area contributed by atoms with E-state index in [-0.39, 0.29) is 17.9 Å². The molecule has 0 bridgehead atoms. The Kier molecular flexibility index (Phi) is 4.88. The van der Waals surface area contributed by atoms with Crippen LogP contribution >= 0.6 is 11.8 Å². The van der Waals surface area contributed by atoms with Crippen LogP contribution in [0.2, 0.25) is 0 Å². The van der Waals surface area contributed by atoms with Gasteiger partial charge in [0, 0.05) is 18.3 Å². The van der Waals surface area contributed by atoms with Crippen LogP contribution in [0.1, 0.15) is 19.8 Å². The van der Waals surface area contributed by atoms with Gasteiger partial charge in [-0.3, -0.25) is 9.59 Å². The molecule has 1 unspecified atom stereocenters. The van der Waals surface area contributed by atoms with Crippen LogP contribution in [0, 0.1) is 0 Å². The second kappa shape index (κ2) is 6.43. The zero-order valence-electron chi connectivity index (χ0n) is 10.8. The highest BCUT2D eigenvalue weighted by atomic mass is 32.2. The lowest BCUT2D eigenvalue weighted by atomic mass is 10.2. The number of nitrogens with one attached hydrogen (secondary N) is 2. The molecule has 2 fully saturated rings. The molecule has 2 aliphatic rings. The molecule has 6 heteroatoms. The third kappa shape index (κ3) is 3.38. The first-order valence-electron chi connectivity index (χ1n) is 6.58. The van der Waals surface area contributed by atoms with Gasteiger partial charge in [-0.15, -0.1) is 11.8 Å². The SMILES string of the molecule is CC1C(=O)NCCN1C(=O)CSC1CCNCC1. The van der Waals surface area contributed by atoms with Gasteiger partial charge in [0.2, 0.25) is 11.8 Å². The minimum atomic E-state index is -0.320. The van der Waals surface area contributed by atoms with Gasteiger partial charge < -0.3 is 15.5 Å². The molecular weight excluding hydrogens is 250 g/mol. The molecule has 0 aliphatic carbocycles. The van der Waals surface area contributed by atoms with Crippen molar-refractivity contribution in [3.8, 4) is 0 Å². The van der Waals surface area contributed by atoms with Crippen LogP contribution in [0.25, 0.3) is 0 Å². The molecule has 0 aromatic carbocycles. The van der Waals surface area contributed by atoms with Crippen molar-refractivity contribution in [3.05, 3.63) is 0 Å². The monoisotopic (exact) mass is 271 g/mol. The Bertz CT molecular complexity index is 318. The van der Waals surface area contributed by atoms with E-state index in [1.807, 2.05) is 0 Å². The third-order valence-electron chi connectivity index (χ3n) is 3.55. The molecule has 2 amide bonds. The summed E-state index contributed by atoms with van der Waals surface area (Å²) in [6, 6.07) is -0.320. The largest absolute Gasteiger partial charge is 0.353 e. The lowest BCUT2D eigenvalue weighted by Gasteiger charge is -2.33. The molecule has 18 heavy (non-hydrogen) atoms. The summed E-state index contributed by atoms with van der Waals surface area (Å²) in [7, 11) is 0. The van der Waals surface area contributed by atoms with Gasteiger partial charge in [0.15, 0.2) is 0 Å². The minimum Gasteiger partial charge on any atom is -0.353 e. The Balaban J connectivity index is 1.78. The number of carbonyl (C=O) groups excluding carboxylic acids is 2. The summed E-state index contributed by atoms with van der Waals surface area (Å²) in [6.45, 7) is 5.11. The lowest BCUT2D eigenvalue weighted by molar-refractivity contribution is -0.140. The topological polar surface area (TPSA) is 61.4 Å². The lowest BCUT2D eigenvalue weighted by Crippen LogP contribution is -2.56. The number of hydrogen-bond donors (Lipinski definition) is 2. The smallest absolute Gasteiger partial charge is 0.242 e. The molecule has 2 aliphatic heterocycles. The summed E-state index contributed by atoms with van der Waals surface area (Å²) in [5, 5.41) is 6.68. The van der Waals surface area contributed by atoms with Crippen molar-refractivity contribution in [1.82, 2.24) is 15.5 Å². The van der Waals surface area contributed by atoms with Crippen molar-refractivity contribution >= 4 is 23.6 Å². The summed E-state index contributed by atoms with van der Waals surface area (Å²) < 4.78 is 0. The van der Waals surface area contributed by atoms with E-state index in [1.165, 1.54) is 0 Å². The van der Waals surface area contributed by atoms with E-state index in [0.717, 1.165) is 25.9 Å². The highest BCUT2D eigenvalue weighted by molar-refractivity contribution is 8.00. The fourth-order valence-electron chi connectivity index (χ4n) is 2.36. The quantitative estimate of drug-likeness (QED) is 0.747. The summed E-state index contributed by atoms with van der Waals surface area (Å²) in [5.41, 5.74) is 0. The highest BCUT2D eigenvalue weighted by Crippen LogP contribution is 2.21.